The minimum Gasteiger partial charge on any atom is -0.489 e. The average molecular weight is 300 g/mol. The molecule has 0 saturated heterocycles. The van der Waals surface area contributed by atoms with Crippen LogP contribution in [0, 0.1) is 10.1 Å². The van der Waals surface area contributed by atoms with Crippen LogP contribution in [0.3, 0.4) is 0 Å². The third-order valence-corrected chi connectivity index (χ3v) is 3.10. The standard InChI is InChI=1S/C16H16N2O4/c17-10-15(19)9-12-3-7-16(8-4-12)22-11-13-1-5-14(6-2-13)18(20)21/h1-8H,9-11,17H2. The van der Waals surface area contributed by atoms with Crippen molar-refractivity contribution in [1.29, 1.82) is 0 Å². The minimum atomic E-state index is -0.438. The van der Waals surface area contributed by atoms with Crippen molar-refractivity contribution in [3.63, 3.8) is 0 Å². The molecule has 0 aliphatic rings. The van der Waals surface area contributed by atoms with E-state index < -0.39 is 4.92 Å². The molecule has 2 aromatic rings. The molecule has 22 heavy (non-hydrogen) atoms. The van der Waals surface area contributed by atoms with Gasteiger partial charge >= 0.3 is 0 Å². The van der Waals surface area contributed by atoms with Gasteiger partial charge in [-0.25, -0.2) is 0 Å². The number of hydrogen-bond acceptors (Lipinski definition) is 5. The fourth-order valence-corrected chi connectivity index (χ4v) is 1.88. The molecule has 0 spiro atoms. The van der Waals surface area contributed by atoms with Crippen LogP contribution in [0.25, 0.3) is 0 Å². The van der Waals surface area contributed by atoms with Crippen molar-refractivity contribution in [2.24, 2.45) is 5.73 Å². The molecule has 0 heterocycles. The van der Waals surface area contributed by atoms with E-state index in [4.69, 9.17) is 10.5 Å². The molecule has 6 heteroatoms. The summed E-state index contributed by atoms with van der Waals surface area (Å²) in [6.07, 6.45) is 0.319. The van der Waals surface area contributed by atoms with Crippen molar-refractivity contribution in [1.82, 2.24) is 0 Å². The first kappa shape index (κ1) is 15.7. The second-order valence-electron chi connectivity index (χ2n) is 4.78. The fourth-order valence-electron chi connectivity index (χ4n) is 1.88. The predicted octanol–water partition coefficient (Wildman–Crippen LogP) is 2.24. The van der Waals surface area contributed by atoms with Crippen LogP contribution in [0.1, 0.15) is 11.1 Å². The Balaban J connectivity index is 1.91. The summed E-state index contributed by atoms with van der Waals surface area (Å²) in [5.41, 5.74) is 7.06. The van der Waals surface area contributed by atoms with Gasteiger partial charge in [0.25, 0.3) is 5.69 Å². The van der Waals surface area contributed by atoms with Gasteiger partial charge in [0, 0.05) is 18.6 Å². The Bertz CT molecular complexity index is 651. The van der Waals surface area contributed by atoms with Crippen molar-refractivity contribution in [2.75, 3.05) is 6.54 Å². The Kier molecular flexibility index (Phi) is 5.21. The number of ether oxygens (including phenoxy) is 1. The number of rotatable bonds is 7. The lowest BCUT2D eigenvalue weighted by molar-refractivity contribution is -0.384. The zero-order valence-corrected chi connectivity index (χ0v) is 11.9. The second-order valence-corrected chi connectivity index (χ2v) is 4.78. The number of Topliss-reactive ketones (excluding diaryl/α,β-unsaturated/α-hetero) is 1. The molecule has 0 unspecified atom stereocenters. The number of benzene rings is 2. The van der Waals surface area contributed by atoms with Crippen molar-refractivity contribution < 1.29 is 14.5 Å². The zero-order chi connectivity index (χ0) is 15.9. The van der Waals surface area contributed by atoms with Gasteiger partial charge in [0.15, 0.2) is 5.78 Å². The van der Waals surface area contributed by atoms with Crippen molar-refractivity contribution >= 4 is 11.5 Å². The molecule has 0 bridgehead atoms. The highest BCUT2D eigenvalue weighted by atomic mass is 16.6. The third kappa shape index (κ3) is 4.39. The predicted molar refractivity (Wildman–Crippen MR) is 81.6 cm³/mol. The highest BCUT2D eigenvalue weighted by Crippen LogP contribution is 2.16. The maximum atomic E-state index is 11.2. The monoisotopic (exact) mass is 300 g/mol. The molecule has 0 aromatic heterocycles. The molecular formula is C16H16N2O4. The Labute approximate surface area is 127 Å². The number of non-ortho nitro benzene ring substituents is 1. The number of nitro groups is 1. The van der Waals surface area contributed by atoms with Crippen LogP contribution < -0.4 is 10.5 Å². The summed E-state index contributed by atoms with van der Waals surface area (Å²) in [6, 6.07) is 13.4. The van der Waals surface area contributed by atoms with E-state index in [-0.39, 0.29) is 18.0 Å². The van der Waals surface area contributed by atoms with E-state index in [1.54, 1.807) is 24.3 Å². The summed E-state index contributed by atoms with van der Waals surface area (Å²) >= 11 is 0. The van der Waals surface area contributed by atoms with E-state index in [0.717, 1.165) is 11.1 Å². The molecule has 0 amide bonds. The summed E-state index contributed by atoms with van der Waals surface area (Å²) in [7, 11) is 0. The number of nitrogens with two attached hydrogens (primary N) is 1. The van der Waals surface area contributed by atoms with E-state index in [1.165, 1.54) is 12.1 Å². The Morgan fingerprint density at radius 2 is 1.64 bits per heavy atom. The number of hydrogen-bond donors (Lipinski definition) is 1. The quantitative estimate of drug-likeness (QED) is 0.625. The average Bonchev–Trinajstić information content (AvgIpc) is 2.54. The molecule has 2 rings (SSSR count). The van der Waals surface area contributed by atoms with Gasteiger partial charge in [-0.2, -0.15) is 0 Å². The zero-order valence-electron chi connectivity index (χ0n) is 11.9. The van der Waals surface area contributed by atoms with Crippen LogP contribution in [-0.4, -0.2) is 17.3 Å². The Hall–Kier alpha value is -2.73. The first-order valence-electron chi connectivity index (χ1n) is 6.75. The summed E-state index contributed by atoms with van der Waals surface area (Å²) < 4.78 is 5.60. The molecular weight excluding hydrogens is 284 g/mol. The number of carbonyl (C=O) groups excluding carboxylic acids is 1. The van der Waals surface area contributed by atoms with Crippen LogP contribution in [-0.2, 0) is 17.8 Å². The molecule has 0 saturated carbocycles. The molecule has 0 aliphatic carbocycles. The Morgan fingerprint density at radius 3 is 2.18 bits per heavy atom. The van der Waals surface area contributed by atoms with Gasteiger partial charge < -0.3 is 10.5 Å². The molecule has 0 atom stereocenters. The van der Waals surface area contributed by atoms with E-state index in [9.17, 15) is 14.9 Å². The van der Waals surface area contributed by atoms with Gasteiger partial charge in [-0.05, 0) is 35.4 Å². The SMILES string of the molecule is NCC(=O)Cc1ccc(OCc2ccc([N+](=O)[O-])cc2)cc1. The second kappa shape index (κ2) is 7.33. The van der Waals surface area contributed by atoms with Crippen molar-refractivity contribution in [2.45, 2.75) is 13.0 Å². The van der Waals surface area contributed by atoms with Crippen LogP contribution in [0.15, 0.2) is 48.5 Å². The number of ketones is 1. The van der Waals surface area contributed by atoms with E-state index in [1.807, 2.05) is 12.1 Å². The van der Waals surface area contributed by atoms with Crippen LogP contribution in [0.2, 0.25) is 0 Å². The highest BCUT2D eigenvalue weighted by molar-refractivity contribution is 5.82. The molecule has 2 N–H and O–H groups in total. The topological polar surface area (TPSA) is 95.5 Å². The van der Waals surface area contributed by atoms with Crippen LogP contribution in [0.5, 0.6) is 5.75 Å². The summed E-state index contributed by atoms with van der Waals surface area (Å²) in [5.74, 6) is 0.654. The number of nitrogens with zero attached hydrogens (tertiary/aromatic N) is 1. The van der Waals surface area contributed by atoms with E-state index >= 15 is 0 Å². The molecule has 0 fully saturated rings. The van der Waals surface area contributed by atoms with Crippen LogP contribution >= 0.6 is 0 Å². The molecule has 0 aliphatic heterocycles. The lowest BCUT2D eigenvalue weighted by atomic mass is 10.1. The molecule has 2 aromatic carbocycles. The van der Waals surface area contributed by atoms with Gasteiger partial charge in [-0.15, -0.1) is 0 Å². The van der Waals surface area contributed by atoms with Gasteiger partial charge in [0.05, 0.1) is 11.5 Å². The summed E-state index contributed by atoms with van der Waals surface area (Å²) in [4.78, 5) is 21.4. The smallest absolute Gasteiger partial charge is 0.269 e. The van der Waals surface area contributed by atoms with Gasteiger partial charge in [-0.3, -0.25) is 14.9 Å². The van der Waals surface area contributed by atoms with E-state index in [2.05, 4.69) is 0 Å². The highest BCUT2D eigenvalue weighted by Gasteiger charge is 2.05. The molecule has 0 radical (unpaired) electrons. The number of carbonyl (C=O) groups is 1. The lowest BCUT2D eigenvalue weighted by Crippen LogP contribution is -2.15. The first-order valence-corrected chi connectivity index (χ1v) is 6.75. The van der Waals surface area contributed by atoms with Crippen molar-refractivity contribution in [3.05, 3.63) is 69.8 Å². The minimum absolute atomic E-state index is 0.0143. The van der Waals surface area contributed by atoms with Gasteiger partial charge in [0.1, 0.15) is 12.4 Å². The first-order chi connectivity index (χ1) is 10.6. The lowest BCUT2D eigenvalue weighted by Gasteiger charge is -2.07. The summed E-state index contributed by atoms with van der Waals surface area (Å²) in [5, 5.41) is 10.6. The van der Waals surface area contributed by atoms with Gasteiger partial charge in [-0.1, -0.05) is 12.1 Å². The van der Waals surface area contributed by atoms with Crippen LogP contribution in [0.4, 0.5) is 5.69 Å². The third-order valence-electron chi connectivity index (χ3n) is 3.10. The van der Waals surface area contributed by atoms with Crippen molar-refractivity contribution in [3.8, 4) is 5.75 Å². The molecule has 114 valence electrons. The van der Waals surface area contributed by atoms with E-state index in [0.29, 0.717) is 18.8 Å². The normalized spacial score (nSPS) is 10.2. The maximum Gasteiger partial charge on any atom is 0.269 e. The van der Waals surface area contributed by atoms with Gasteiger partial charge in [0.2, 0.25) is 0 Å². The summed E-state index contributed by atoms with van der Waals surface area (Å²) in [6.45, 7) is 0.359. The number of nitro benzene ring substituents is 1. The molecule has 6 nitrogen and oxygen atoms in total. The maximum absolute atomic E-state index is 11.2. The largest absolute Gasteiger partial charge is 0.489 e. The Morgan fingerprint density at radius 1 is 1.05 bits per heavy atom. The fraction of sp³-hybridized carbons (Fsp3) is 0.188.